The molecule has 0 aromatic heterocycles. The van der Waals surface area contributed by atoms with Gasteiger partial charge >= 0.3 is 0 Å². The molecule has 0 saturated heterocycles. The molecule has 0 amide bonds. The van der Waals surface area contributed by atoms with Crippen LogP contribution in [0, 0.1) is 5.92 Å². The molecule has 2 unspecified atom stereocenters. The van der Waals surface area contributed by atoms with Crippen LogP contribution in [0.15, 0.2) is 11.6 Å². The average Bonchev–Trinajstić information content (AvgIpc) is 2.39. The van der Waals surface area contributed by atoms with Crippen molar-refractivity contribution in [2.75, 3.05) is 39.9 Å². The molecule has 0 fully saturated rings. The van der Waals surface area contributed by atoms with Gasteiger partial charge in [-0.1, -0.05) is 19.9 Å². The maximum absolute atomic E-state index is 5.19. The van der Waals surface area contributed by atoms with E-state index in [1.54, 1.807) is 7.11 Å². The van der Waals surface area contributed by atoms with Crippen LogP contribution in [0.5, 0.6) is 0 Å². The quantitative estimate of drug-likeness (QED) is 0.531. The third kappa shape index (κ3) is 5.09. The standard InChI is InChI=1S/C15H30N2O/c1-5-8-16-11-13(2)14(3)17-9-6-15(7-10-17)12-18-4/h6,13-14,16H,5,7-12H2,1-4H3. The Labute approximate surface area is 113 Å². The van der Waals surface area contributed by atoms with E-state index in [9.17, 15) is 0 Å². The summed E-state index contributed by atoms with van der Waals surface area (Å²) in [5.74, 6) is 0.703. The van der Waals surface area contributed by atoms with Crippen molar-refractivity contribution < 1.29 is 4.74 Å². The Balaban J connectivity index is 2.32. The fourth-order valence-electron chi connectivity index (χ4n) is 2.45. The van der Waals surface area contributed by atoms with E-state index in [0.717, 1.165) is 32.7 Å². The van der Waals surface area contributed by atoms with Crippen LogP contribution in [0.3, 0.4) is 0 Å². The number of nitrogens with zero attached hydrogens (tertiary/aromatic N) is 1. The van der Waals surface area contributed by atoms with Crippen molar-refractivity contribution >= 4 is 0 Å². The van der Waals surface area contributed by atoms with Crippen LogP contribution in [-0.4, -0.2) is 50.8 Å². The van der Waals surface area contributed by atoms with Gasteiger partial charge in [-0.2, -0.15) is 0 Å². The van der Waals surface area contributed by atoms with Gasteiger partial charge in [0.25, 0.3) is 0 Å². The lowest BCUT2D eigenvalue weighted by atomic mass is 9.99. The summed E-state index contributed by atoms with van der Waals surface area (Å²) >= 11 is 0. The summed E-state index contributed by atoms with van der Waals surface area (Å²) in [4.78, 5) is 2.58. The first kappa shape index (κ1) is 15.7. The summed E-state index contributed by atoms with van der Waals surface area (Å²) in [6, 6.07) is 0.648. The zero-order valence-electron chi connectivity index (χ0n) is 12.5. The second kappa shape index (κ2) is 8.68. The molecular formula is C15H30N2O. The molecule has 0 spiro atoms. The topological polar surface area (TPSA) is 24.5 Å². The third-order valence-electron chi connectivity index (χ3n) is 3.96. The Morgan fingerprint density at radius 3 is 2.78 bits per heavy atom. The van der Waals surface area contributed by atoms with Crippen LogP contribution >= 0.6 is 0 Å². The van der Waals surface area contributed by atoms with Crippen LogP contribution in [0.4, 0.5) is 0 Å². The number of ether oxygens (including phenoxy) is 1. The molecule has 106 valence electrons. The van der Waals surface area contributed by atoms with Crippen LogP contribution < -0.4 is 5.32 Å². The van der Waals surface area contributed by atoms with E-state index in [2.05, 4.69) is 37.1 Å². The number of methoxy groups -OCH3 is 1. The second-order valence-electron chi connectivity index (χ2n) is 5.46. The van der Waals surface area contributed by atoms with Crippen molar-refractivity contribution in [3.05, 3.63) is 11.6 Å². The zero-order valence-corrected chi connectivity index (χ0v) is 12.5. The highest BCUT2D eigenvalue weighted by molar-refractivity contribution is 5.08. The predicted octanol–water partition coefficient (Wildman–Crippen LogP) is 2.29. The second-order valence-corrected chi connectivity index (χ2v) is 5.46. The lowest BCUT2D eigenvalue weighted by Crippen LogP contribution is -2.43. The minimum atomic E-state index is 0.648. The van der Waals surface area contributed by atoms with Gasteiger partial charge in [-0.05, 0) is 44.3 Å². The van der Waals surface area contributed by atoms with Gasteiger partial charge in [-0.25, -0.2) is 0 Å². The lowest BCUT2D eigenvalue weighted by molar-refractivity contribution is 0.161. The van der Waals surface area contributed by atoms with Gasteiger partial charge in [0.15, 0.2) is 0 Å². The van der Waals surface area contributed by atoms with Crippen LogP contribution in [0.25, 0.3) is 0 Å². The highest BCUT2D eigenvalue weighted by Gasteiger charge is 2.21. The smallest absolute Gasteiger partial charge is 0.0673 e. The summed E-state index contributed by atoms with van der Waals surface area (Å²) in [7, 11) is 1.78. The summed E-state index contributed by atoms with van der Waals surface area (Å²) in [5.41, 5.74) is 1.46. The van der Waals surface area contributed by atoms with Crippen LogP contribution in [0.1, 0.15) is 33.6 Å². The first-order chi connectivity index (χ1) is 8.69. The minimum Gasteiger partial charge on any atom is -0.380 e. The minimum absolute atomic E-state index is 0.648. The van der Waals surface area contributed by atoms with Gasteiger partial charge in [0, 0.05) is 26.2 Å². The Morgan fingerprint density at radius 2 is 2.22 bits per heavy atom. The lowest BCUT2D eigenvalue weighted by Gasteiger charge is -2.35. The summed E-state index contributed by atoms with van der Waals surface area (Å²) in [6.45, 7) is 12.2. The molecular weight excluding hydrogens is 224 g/mol. The van der Waals surface area contributed by atoms with E-state index in [0.29, 0.717) is 12.0 Å². The van der Waals surface area contributed by atoms with Crippen molar-refractivity contribution in [1.29, 1.82) is 0 Å². The summed E-state index contributed by atoms with van der Waals surface area (Å²) in [5, 5.41) is 3.52. The maximum Gasteiger partial charge on any atom is 0.0673 e. The molecule has 3 heteroatoms. The molecule has 0 aliphatic carbocycles. The fourth-order valence-corrected chi connectivity index (χ4v) is 2.45. The van der Waals surface area contributed by atoms with Crippen LogP contribution in [-0.2, 0) is 4.74 Å². The molecule has 1 rings (SSSR count). The van der Waals surface area contributed by atoms with Crippen molar-refractivity contribution in [2.24, 2.45) is 5.92 Å². The van der Waals surface area contributed by atoms with Crippen molar-refractivity contribution in [3.63, 3.8) is 0 Å². The van der Waals surface area contributed by atoms with E-state index in [1.807, 2.05) is 0 Å². The molecule has 3 nitrogen and oxygen atoms in total. The highest BCUT2D eigenvalue weighted by Crippen LogP contribution is 2.17. The van der Waals surface area contributed by atoms with E-state index >= 15 is 0 Å². The van der Waals surface area contributed by atoms with Gasteiger partial charge in [-0.15, -0.1) is 0 Å². The molecule has 1 heterocycles. The molecule has 1 aliphatic heterocycles. The van der Waals surface area contributed by atoms with Gasteiger partial charge in [0.2, 0.25) is 0 Å². The number of rotatable bonds is 8. The summed E-state index contributed by atoms with van der Waals surface area (Å²) in [6.07, 6.45) is 4.72. The van der Waals surface area contributed by atoms with Crippen molar-refractivity contribution in [2.45, 2.75) is 39.7 Å². The van der Waals surface area contributed by atoms with Gasteiger partial charge < -0.3 is 10.1 Å². The molecule has 18 heavy (non-hydrogen) atoms. The summed E-state index contributed by atoms with van der Waals surface area (Å²) < 4.78 is 5.19. The fraction of sp³-hybridized carbons (Fsp3) is 0.867. The maximum atomic E-state index is 5.19. The van der Waals surface area contributed by atoms with Crippen LogP contribution in [0.2, 0.25) is 0 Å². The largest absolute Gasteiger partial charge is 0.380 e. The molecule has 0 aromatic carbocycles. The SMILES string of the molecule is CCCNCC(C)C(C)N1CC=C(COC)CC1. The molecule has 0 radical (unpaired) electrons. The number of hydrogen-bond acceptors (Lipinski definition) is 3. The van der Waals surface area contributed by atoms with E-state index < -0.39 is 0 Å². The Kier molecular flexibility index (Phi) is 7.56. The zero-order chi connectivity index (χ0) is 13.4. The van der Waals surface area contributed by atoms with Crippen molar-refractivity contribution in [3.8, 4) is 0 Å². The monoisotopic (exact) mass is 254 g/mol. The van der Waals surface area contributed by atoms with Gasteiger partial charge in [-0.3, -0.25) is 4.90 Å². The predicted molar refractivity (Wildman–Crippen MR) is 77.9 cm³/mol. The van der Waals surface area contributed by atoms with Crippen molar-refractivity contribution in [1.82, 2.24) is 10.2 Å². The van der Waals surface area contributed by atoms with E-state index in [1.165, 1.54) is 18.5 Å². The number of nitrogens with one attached hydrogen (secondary N) is 1. The highest BCUT2D eigenvalue weighted by atomic mass is 16.5. The molecule has 1 aliphatic rings. The molecule has 0 bridgehead atoms. The van der Waals surface area contributed by atoms with E-state index in [-0.39, 0.29) is 0 Å². The third-order valence-corrected chi connectivity index (χ3v) is 3.96. The van der Waals surface area contributed by atoms with E-state index in [4.69, 9.17) is 4.74 Å². The molecule has 0 saturated carbocycles. The number of hydrogen-bond donors (Lipinski definition) is 1. The van der Waals surface area contributed by atoms with Gasteiger partial charge in [0.1, 0.15) is 0 Å². The molecule has 2 atom stereocenters. The normalized spacial score (nSPS) is 20.6. The van der Waals surface area contributed by atoms with Gasteiger partial charge in [0.05, 0.1) is 6.61 Å². The first-order valence-corrected chi connectivity index (χ1v) is 7.30. The molecule has 0 aromatic rings. The Bertz CT molecular complexity index is 253. The first-order valence-electron chi connectivity index (χ1n) is 7.30. The Hall–Kier alpha value is -0.380. The average molecular weight is 254 g/mol. The molecule has 1 N–H and O–H groups in total. The Morgan fingerprint density at radius 1 is 1.44 bits per heavy atom.